The zero-order chi connectivity index (χ0) is 28.1. The van der Waals surface area contributed by atoms with Crippen molar-refractivity contribution in [1.82, 2.24) is 19.6 Å². The van der Waals surface area contributed by atoms with E-state index in [1.54, 1.807) is 0 Å². The molecule has 2 saturated heterocycles. The maximum atomic E-state index is 5.88. The van der Waals surface area contributed by atoms with Crippen LogP contribution in [0.4, 0.5) is 0 Å². The first kappa shape index (κ1) is 36.1. The third-order valence-electron chi connectivity index (χ3n) is 7.11. The van der Waals surface area contributed by atoms with Crippen molar-refractivity contribution < 1.29 is 22.1 Å². The lowest BCUT2D eigenvalue weighted by Gasteiger charge is -2.33. The average molecular weight is 579 g/mol. The predicted molar refractivity (Wildman–Crippen MR) is 162 cm³/mol. The Kier molecular flexibility index (Phi) is 21.6. The highest BCUT2D eigenvalue weighted by atomic mass is 28.4. The zero-order valence-electron chi connectivity index (χ0n) is 26.0. The second-order valence-electron chi connectivity index (χ2n) is 10.2. The molecule has 228 valence electrons. The molecule has 0 saturated carbocycles. The molecule has 2 aliphatic rings. The van der Waals surface area contributed by atoms with Crippen molar-refractivity contribution in [2.24, 2.45) is 0 Å². The van der Waals surface area contributed by atoms with E-state index in [4.69, 9.17) is 22.1 Å². The van der Waals surface area contributed by atoms with Crippen molar-refractivity contribution in [3.63, 3.8) is 0 Å². The molecule has 2 rings (SSSR count). The smallest absolute Gasteiger partial charge is 0.397 e. The summed E-state index contributed by atoms with van der Waals surface area (Å²) in [5.41, 5.74) is 0. The molecule has 0 spiro atoms. The molecule has 2 heterocycles. The molecule has 0 aromatic heterocycles. The van der Waals surface area contributed by atoms with Gasteiger partial charge in [-0.05, 0) is 80.7 Å². The SMILES string of the molecule is CCO[SiH](CCCCN1CCN(C)CC1)OCC.CCO[Si](CCCN1CCN(C)CC1)(OCC)OCC. The molecule has 0 aromatic rings. The van der Waals surface area contributed by atoms with Crippen LogP contribution in [-0.4, -0.2) is 150 Å². The molecule has 0 bridgehead atoms. The van der Waals surface area contributed by atoms with E-state index in [0.29, 0.717) is 19.8 Å². The van der Waals surface area contributed by atoms with E-state index in [-0.39, 0.29) is 0 Å². The topological polar surface area (TPSA) is 59.1 Å². The van der Waals surface area contributed by atoms with Crippen LogP contribution in [0.25, 0.3) is 0 Å². The van der Waals surface area contributed by atoms with E-state index in [1.807, 2.05) is 20.8 Å². The fraction of sp³-hybridized carbons (Fsp3) is 1.00. The van der Waals surface area contributed by atoms with Gasteiger partial charge >= 0.3 is 18.1 Å². The largest absolute Gasteiger partial charge is 0.500 e. The van der Waals surface area contributed by atoms with Crippen LogP contribution in [0, 0.1) is 0 Å². The molecule has 2 fully saturated rings. The normalized spacial score (nSPS) is 18.6. The molecule has 9 nitrogen and oxygen atoms in total. The molecule has 0 aromatic carbocycles. The molecule has 11 heteroatoms. The summed E-state index contributed by atoms with van der Waals surface area (Å²) in [7, 11) is 0.620. The van der Waals surface area contributed by atoms with Crippen LogP contribution in [0.15, 0.2) is 0 Å². The second-order valence-corrected chi connectivity index (χ2v) is 15.0. The van der Waals surface area contributed by atoms with Gasteiger partial charge in [-0.15, -0.1) is 0 Å². The van der Waals surface area contributed by atoms with Crippen LogP contribution in [0.3, 0.4) is 0 Å². The summed E-state index contributed by atoms with van der Waals surface area (Å²) in [5, 5.41) is 0. The summed E-state index contributed by atoms with van der Waals surface area (Å²) in [6, 6.07) is 2.09. The molecule has 2 aliphatic heterocycles. The Labute approximate surface area is 238 Å². The van der Waals surface area contributed by atoms with E-state index in [2.05, 4.69) is 47.5 Å². The third-order valence-corrected chi connectivity index (χ3v) is 12.6. The van der Waals surface area contributed by atoms with Gasteiger partial charge in [0, 0.05) is 91.4 Å². The fourth-order valence-electron chi connectivity index (χ4n) is 4.90. The van der Waals surface area contributed by atoms with Gasteiger partial charge in [-0.3, -0.25) is 0 Å². The van der Waals surface area contributed by atoms with Crippen molar-refractivity contribution in [3.05, 3.63) is 0 Å². The van der Waals surface area contributed by atoms with Gasteiger partial charge in [0.2, 0.25) is 0 Å². The standard InChI is InChI=1S/C14H32N2O3Si.C13H30N2O2Si/c1-5-17-20(18-6-2,19-7-3)14-8-9-16-12-10-15(4)11-13-16;1-4-16-18(17-5-2)13-7-6-8-15-11-9-14(3)10-12-15/h5-14H2,1-4H3;18H,4-13H2,1-3H3. The maximum absolute atomic E-state index is 5.88. The monoisotopic (exact) mass is 578 g/mol. The van der Waals surface area contributed by atoms with Gasteiger partial charge in [0.1, 0.15) is 0 Å². The molecule has 0 unspecified atom stereocenters. The lowest BCUT2D eigenvalue weighted by atomic mass is 10.2. The Bertz CT molecular complexity index is 517. The number of likely N-dealkylation sites (N-methyl/N-ethyl adjacent to an activating group) is 2. The van der Waals surface area contributed by atoms with Crippen molar-refractivity contribution in [1.29, 1.82) is 0 Å². The first-order valence-electron chi connectivity index (χ1n) is 15.4. The molecule has 38 heavy (non-hydrogen) atoms. The van der Waals surface area contributed by atoms with Crippen LogP contribution < -0.4 is 0 Å². The molecule has 0 radical (unpaired) electrons. The second kappa shape index (κ2) is 22.7. The third kappa shape index (κ3) is 16.4. The van der Waals surface area contributed by atoms with Gasteiger partial charge in [0.15, 0.2) is 0 Å². The fourth-order valence-corrected chi connectivity index (χ4v) is 9.29. The zero-order valence-corrected chi connectivity index (χ0v) is 28.2. The van der Waals surface area contributed by atoms with Crippen molar-refractivity contribution in [2.75, 3.05) is 113 Å². The van der Waals surface area contributed by atoms with Gasteiger partial charge in [-0.2, -0.15) is 0 Å². The molecular formula is C27H62N4O5Si2. The van der Waals surface area contributed by atoms with E-state index >= 15 is 0 Å². The summed E-state index contributed by atoms with van der Waals surface area (Å²) in [4.78, 5) is 9.90. The Hall–Kier alpha value is 0.0738. The van der Waals surface area contributed by atoms with Gasteiger partial charge in [0.05, 0.1) is 0 Å². The summed E-state index contributed by atoms with van der Waals surface area (Å²) in [6.45, 7) is 25.7. The first-order valence-corrected chi connectivity index (χ1v) is 19.1. The summed E-state index contributed by atoms with van der Waals surface area (Å²) < 4.78 is 29.0. The number of hydrogen-bond acceptors (Lipinski definition) is 9. The number of hydrogen-bond donors (Lipinski definition) is 0. The Morgan fingerprint density at radius 3 is 1.37 bits per heavy atom. The van der Waals surface area contributed by atoms with Gasteiger partial charge in [-0.25, -0.2) is 0 Å². The number of rotatable bonds is 19. The van der Waals surface area contributed by atoms with E-state index < -0.39 is 18.1 Å². The van der Waals surface area contributed by atoms with Gasteiger partial charge in [-0.1, -0.05) is 6.42 Å². The molecule has 0 amide bonds. The van der Waals surface area contributed by atoms with Crippen molar-refractivity contribution >= 4 is 18.1 Å². The molecule has 0 aliphatic carbocycles. The maximum Gasteiger partial charge on any atom is 0.500 e. The minimum absolute atomic E-state index is 0.667. The van der Waals surface area contributed by atoms with Crippen LogP contribution in [0.1, 0.15) is 53.9 Å². The first-order chi connectivity index (χ1) is 18.4. The quantitative estimate of drug-likeness (QED) is 0.170. The highest BCUT2D eigenvalue weighted by molar-refractivity contribution is 6.60. The van der Waals surface area contributed by atoms with Crippen molar-refractivity contribution in [2.45, 2.75) is 66.0 Å². The minimum Gasteiger partial charge on any atom is -0.397 e. The average Bonchev–Trinajstić information content (AvgIpc) is 2.90. The summed E-state index contributed by atoms with van der Waals surface area (Å²) >= 11 is 0. The molecular weight excluding hydrogens is 516 g/mol. The Morgan fingerprint density at radius 2 is 0.974 bits per heavy atom. The van der Waals surface area contributed by atoms with E-state index in [0.717, 1.165) is 38.3 Å². The van der Waals surface area contributed by atoms with Gasteiger partial charge in [0.25, 0.3) is 0 Å². The summed E-state index contributed by atoms with van der Waals surface area (Å²) in [6.07, 6.45) is 3.63. The Morgan fingerprint density at radius 1 is 0.553 bits per heavy atom. The highest BCUT2D eigenvalue weighted by Crippen LogP contribution is 2.19. The Balaban J connectivity index is 0.000000382. The lowest BCUT2D eigenvalue weighted by Crippen LogP contribution is -2.48. The molecule has 0 atom stereocenters. The van der Waals surface area contributed by atoms with Crippen LogP contribution in [0.5, 0.6) is 0 Å². The van der Waals surface area contributed by atoms with Crippen LogP contribution in [0.2, 0.25) is 12.1 Å². The summed E-state index contributed by atoms with van der Waals surface area (Å²) in [5.74, 6) is 0. The van der Waals surface area contributed by atoms with Crippen LogP contribution >= 0.6 is 0 Å². The van der Waals surface area contributed by atoms with Gasteiger partial charge < -0.3 is 41.7 Å². The number of nitrogens with zero attached hydrogens (tertiary/aromatic N) is 4. The highest BCUT2D eigenvalue weighted by Gasteiger charge is 2.39. The van der Waals surface area contributed by atoms with E-state index in [1.165, 1.54) is 71.7 Å². The van der Waals surface area contributed by atoms with Crippen molar-refractivity contribution in [3.8, 4) is 0 Å². The minimum atomic E-state index is -2.43. The van der Waals surface area contributed by atoms with E-state index in [9.17, 15) is 0 Å². The molecule has 0 N–H and O–H groups in total. The predicted octanol–water partition coefficient (Wildman–Crippen LogP) is 2.98. The number of unbranched alkanes of at least 4 members (excludes halogenated alkanes) is 1. The van der Waals surface area contributed by atoms with Crippen LogP contribution in [-0.2, 0) is 22.1 Å². The lowest BCUT2D eigenvalue weighted by molar-refractivity contribution is 0.0691. The number of piperazine rings is 2.